The second kappa shape index (κ2) is 70.6. The Labute approximate surface area is 592 Å². The third kappa shape index (κ3) is 71.7. The smallest absolute Gasteiger partial charge is 0.462 e. The van der Waals surface area contributed by atoms with Crippen molar-refractivity contribution in [2.45, 2.75) is 406 Å². The van der Waals surface area contributed by atoms with Gasteiger partial charge in [0.25, 0.3) is 0 Å². The summed E-state index contributed by atoms with van der Waals surface area (Å²) in [6.07, 6.45) is 63.1. The molecule has 0 saturated carbocycles. The van der Waals surface area contributed by atoms with Crippen LogP contribution in [0.4, 0.5) is 0 Å². The van der Waals surface area contributed by atoms with Gasteiger partial charge in [-0.2, -0.15) is 0 Å². The average Bonchev–Trinajstić information content (AvgIpc) is 1.94. The molecule has 0 fully saturated rings. The molecule has 2 unspecified atom stereocenters. The lowest BCUT2D eigenvalue weighted by atomic mass is 10.0. The fourth-order valence-electron chi connectivity index (χ4n) is 11.5. The van der Waals surface area contributed by atoms with Gasteiger partial charge in [0.1, 0.15) is 19.3 Å². The first kappa shape index (κ1) is 94.5. The zero-order valence-electron chi connectivity index (χ0n) is 62.7. The topological polar surface area (TPSA) is 237 Å². The minimum atomic E-state index is -4.97. The predicted octanol–water partition coefficient (Wildman–Crippen LogP) is 22.8. The molecule has 0 heterocycles. The molecule has 19 heteroatoms. The number of hydrogen-bond donors (Lipinski definition) is 3. The Morgan fingerprint density at radius 1 is 0.320 bits per heavy atom. The summed E-state index contributed by atoms with van der Waals surface area (Å²) in [5.41, 5.74) is 0. The van der Waals surface area contributed by atoms with Gasteiger partial charge < -0.3 is 33.8 Å². The average molecular weight is 1420 g/mol. The number of rotatable bonds is 76. The Morgan fingerprint density at radius 2 is 0.557 bits per heavy atom. The number of phosphoric acid groups is 2. The predicted molar refractivity (Wildman–Crippen MR) is 395 cm³/mol. The van der Waals surface area contributed by atoms with E-state index in [4.69, 9.17) is 37.0 Å². The van der Waals surface area contributed by atoms with Crippen molar-refractivity contribution in [3.63, 3.8) is 0 Å². The number of hydrogen-bond acceptors (Lipinski definition) is 15. The molecule has 0 radical (unpaired) electrons. The Kier molecular flexibility index (Phi) is 68.8. The van der Waals surface area contributed by atoms with Crippen LogP contribution in [0, 0.1) is 5.92 Å². The monoisotopic (exact) mass is 1420 g/mol. The van der Waals surface area contributed by atoms with Crippen LogP contribution in [0.25, 0.3) is 0 Å². The molecular formula is C78H148O17P2. The van der Waals surface area contributed by atoms with E-state index in [2.05, 4.69) is 58.9 Å². The normalized spacial score (nSPS) is 14.1. The first-order valence-corrected chi connectivity index (χ1v) is 42.9. The highest BCUT2D eigenvalue weighted by atomic mass is 31.2. The van der Waals surface area contributed by atoms with Crippen LogP contribution in [0.1, 0.15) is 388 Å². The Balaban J connectivity index is 5.30. The molecule has 0 aromatic rings. The summed E-state index contributed by atoms with van der Waals surface area (Å²) in [5, 5.41) is 10.6. The molecule has 0 aromatic heterocycles. The lowest BCUT2D eigenvalue weighted by Gasteiger charge is -2.21. The van der Waals surface area contributed by atoms with E-state index < -0.39 is 97.5 Å². The number of aliphatic hydroxyl groups is 1. The third-order valence-corrected chi connectivity index (χ3v) is 19.6. The van der Waals surface area contributed by atoms with Crippen LogP contribution in [-0.4, -0.2) is 96.7 Å². The molecule has 0 aromatic carbocycles. The number of ether oxygens (including phenoxy) is 4. The fraction of sp³-hybridized carbons (Fsp3) is 0.897. The van der Waals surface area contributed by atoms with E-state index in [1.807, 2.05) is 0 Å². The molecule has 5 atom stereocenters. The SMILES string of the molecule is CCCCCC/C=C\C=C/CCCCCCCC(=O)O[C@H](COC(=O)CCCCCCCCCCCCCCCCC)COP(=O)(O)OC[C@@H](O)COP(=O)(O)OC[C@@H](COC(=O)CCCCCCCCCCCC(C)C)OC(=O)CCCCCCCCCCCCCCCCC. The second-order valence-electron chi connectivity index (χ2n) is 27.9. The number of esters is 4. The lowest BCUT2D eigenvalue weighted by Crippen LogP contribution is -2.30. The van der Waals surface area contributed by atoms with Gasteiger partial charge in [-0.25, -0.2) is 9.13 Å². The van der Waals surface area contributed by atoms with Crippen molar-refractivity contribution < 1.29 is 80.2 Å². The summed E-state index contributed by atoms with van der Waals surface area (Å²) in [6, 6.07) is 0. The summed E-state index contributed by atoms with van der Waals surface area (Å²) in [6.45, 7) is 7.23. The maximum atomic E-state index is 13.1. The van der Waals surface area contributed by atoms with E-state index in [0.717, 1.165) is 109 Å². The fourth-order valence-corrected chi connectivity index (χ4v) is 13.1. The van der Waals surface area contributed by atoms with Gasteiger partial charge >= 0.3 is 39.5 Å². The Hall–Kier alpha value is -2.46. The van der Waals surface area contributed by atoms with Crippen molar-refractivity contribution in [3.8, 4) is 0 Å². The number of phosphoric ester groups is 2. The summed E-state index contributed by atoms with van der Waals surface area (Å²) < 4.78 is 68.6. The summed E-state index contributed by atoms with van der Waals surface area (Å²) in [5.74, 6) is -1.40. The van der Waals surface area contributed by atoms with Crippen molar-refractivity contribution in [2.24, 2.45) is 5.92 Å². The molecule has 0 aliphatic heterocycles. The molecule has 0 saturated heterocycles. The van der Waals surface area contributed by atoms with Gasteiger partial charge in [0.15, 0.2) is 12.2 Å². The number of carbonyl (C=O) groups is 4. The molecule has 97 heavy (non-hydrogen) atoms. The highest BCUT2D eigenvalue weighted by Gasteiger charge is 2.30. The van der Waals surface area contributed by atoms with Gasteiger partial charge in [0, 0.05) is 25.7 Å². The summed E-state index contributed by atoms with van der Waals surface area (Å²) >= 11 is 0. The quantitative estimate of drug-likeness (QED) is 0.0169. The molecule has 0 aliphatic rings. The maximum Gasteiger partial charge on any atom is 0.472 e. The molecule has 0 aliphatic carbocycles. The zero-order chi connectivity index (χ0) is 71.2. The summed E-state index contributed by atoms with van der Waals surface area (Å²) in [7, 11) is -9.93. The van der Waals surface area contributed by atoms with E-state index >= 15 is 0 Å². The van der Waals surface area contributed by atoms with Gasteiger partial charge in [0.05, 0.1) is 26.4 Å². The van der Waals surface area contributed by atoms with E-state index in [0.29, 0.717) is 25.7 Å². The molecule has 0 amide bonds. The molecule has 17 nitrogen and oxygen atoms in total. The van der Waals surface area contributed by atoms with Crippen LogP contribution < -0.4 is 0 Å². The minimum Gasteiger partial charge on any atom is -0.462 e. The highest BCUT2D eigenvalue weighted by molar-refractivity contribution is 7.47. The van der Waals surface area contributed by atoms with Crippen molar-refractivity contribution >= 4 is 39.5 Å². The maximum absolute atomic E-state index is 13.1. The molecule has 572 valence electrons. The van der Waals surface area contributed by atoms with Crippen molar-refractivity contribution in [3.05, 3.63) is 24.3 Å². The molecular weight excluding hydrogens is 1270 g/mol. The summed E-state index contributed by atoms with van der Waals surface area (Å²) in [4.78, 5) is 72.9. The largest absolute Gasteiger partial charge is 0.472 e. The minimum absolute atomic E-state index is 0.0858. The number of allylic oxidation sites excluding steroid dienone is 4. The zero-order valence-corrected chi connectivity index (χ0v) is 64.5. The van der Waals surface area contributed by atoms with Crippen LogP contribution in [0.2, 0.25) is 0 Å². The van der Waals surface area contributed by atoms with Gasteiger partial charge in [-0.05, 0) is 57.3 Å². The lowest BCUT2D eigenvalue weighted by molar-refractivity contribution is -0.161. The van der Waals surface area contributed by atoms with Crippen molar-refractivity contribution in [1.82, 2.24) is 0 Å². The van der Waals surface area contributed by atoms with E-state index in [-0.39, 0.29) is 25.7 Å². The van der Waals surface area contributed by atoms with Crippen molar-refractivity contribution in [1.29, 1.82) is 0 Å². The van der Waals surface area contributed by atoms with E-state index in [1.54, 1.807) is 0 Å². The van der Waals surface area contributed by atoms with Gasteiger partial charge in [0.2, 0.25) is 0 Å². The van der Waals surface area contributed by atoms with Gasteiger partial charge in [-0.15, -0.1) is 0 Å². The first-order chi connectivity index (χ1) is 47.0. The van der Waals surface area contributed by atoms with Crippen LogP contribution >= 0.6 is 15.6 Å². The van der Waals surface area contributed by atoms with E-state index in [9.17, 15) is 43.2 Å². The highest BCUT2D eigenvalue weighted by Crippen LogP contribution is 2.45. The molecule has 3 N–H and O–H groups in total. The van der Waals surface area contributed by atoms with Crippen molar-refractivity contribution in [2.75, 3.05) is 39.6 Å². The van der Waals surface area contributed by atoms with Crippen LogP contribution in [0.5, 0.6) is 0 Å². The van der Waals surface area contributed by atoms with Crippen LogP contribution in [-0.2, 0) is 65.4 Å². The second-order valence-corrected chi connectivity index (χ2v) is 30.8. The van der Waals surface area contributed by atoms with Gasteiger partial charge in [-0.1, -0.05) is 335 Å². The molecule has 0 rings (SSSR count). The number of aliphatic hydroxyl groups excluding tert-OH is 1. The van der Waals surface area contributed by atoms with E-state index in [1.165, 1.54) is 199 Å². The molecule has 0 spiro atoms. The third-order valence-electron chi connectivity index (χ3n) is 17.7. The molecule has 0 bridgehead atoms. The number of carbonyl (C=O) groups excluding carboxylic acids is 4. The Bertz CT molecular complexity index is 1950. The standard InChI is InChI=1S/C78H148O17P2/c1-6-9-12-15-18-21-24-27-30-33-36-41-46-51-56-61-75(80)88-67-73(94-77(82)63-58-53-48-42-37-34-31-28-25-22-19-16-13-10-7-2)69-92-96(84,85)90-65-72(79)66-91-97(86,87)93-70-74(68-89-76(81)62-57-52-47-44-39-40-45-50-55-60-71(4)5)95-78(83)64-59-54-49-43-38-35-32-29-26-23-20-17-14-11-8-3/h22,25,28,31,71-74,79H,6-21,23-24,26-27,29-30,32-70H2,1-5H3,(H,84,85)(H,86,87)/b25-22-,31-28-/t72-,73-,74-/m1/s1. The van der Waals surface area contributed by atoms with Crippen LogP contribution in [0.3, 0.4) is 0 Å². The Morgan fingerprint density at radius 3 is 0.845 bits per heavy atom. The number of unbranched alkanes of at least 4 members (excludes halogenated alkanes) is 45. The first-order valence-electron chi connectivity index (χ1n) is 40.0. The van der Waals surface area contributed by atoms with Crippen LogP contribution in [0.15, 0.2) is 24.3 Å². The van der Waals surface area contributed by atoms with Gasteiger partial charge in [-0.3, -0.25) is 37.3 Å².